The van der Waals surface area contributed by atoms with Crippen LogP contribution in [0.5, 0.6) is 0 Å². The van der Waals surface area contributed by atoms with Gasteiger partial charge >= 0.3 is 5.97 Å². The second-order valence-corrected chi connectivity index (χ2v) is 3.28. The lowest BCUT2D eigenvalue weighted by Gasteiger charge is -2.00. The van der Waals surface area contributed by atoms with Crippen LogP contribution in [0, 0.1) is 11.6 Å². The summed E-state index contributed by atoms with van der Waals surface area (Å²) in [6, 6.07) is 2.26. The number of carboxylic acids is 1. The highest BCUT2D eigenvalue weighted by Crippen LogP contribution is 2.23. The molecule has 1 N–H and O–H groups in total. The van der Waals surface area contributed by atoms with E-state index in [1.54, 1.807) is 0 Å². The Bertz CT molecular complexity index is 402. The number of carbonyl (C=O) groups is 1. The first-order valence-corrected chi connectivity index (χ1v) is 4.36. The van der Waals surface area contributed by atoms with Crippen LogP contribution in [0.4, 0.5) is 8.78 Å². The molecular formula is C9H5BrF2O2. The average molecular weight is 263 g/mol. The fourth-order valence-corrected chi connectivity index (χ4v) is 1.29. The Balaban J connectivity index is 3.19. The van der Waals surface area contributed by atoms with Crippen molar-refractivity contribution in [3.8, 4) is 0 Å². The maximum absolute atomic E-state index is 13.1. The van der Waals surface area contributed by atoms with E-state index in [2.05, 4.69) is 15.9 Å². The zero-order chi connectivity index (χ0) is 10.7. The molecule has 74 valence electrons. The molecule has 14 heavy (non-hydrogen) atoms. The minimum absolute atomic E-state index is 0.118. The molecular weight excluding hydrogens is 258 g/mol. The molecule has 0 heterocycles. The van der Waals surface area contributed by atoms with Crippen LogP contribution in [-0.2, 0) is 4.79 Å². The Hall–Kier alpha value is -1.23. The van der Waals surface area contributed by atoms with Gasteiger partial charge in [-0.05, 0) is 18.2 Å². The highest BCUT2D eigenvalue weighted by molar-refractivity contribution is 9.10. The van der Waals surface area contributed by atoms with E-state index >= 15 is 0 Å². The van der Waals surface area contributed by atoms with Gasteiger partial charge in [-0.2, -0.15) is 0 Å². The van der Waals surface area contributed by atoms with Gasteiger partial charge in [0.15, 0.2) is 11.6 Å². The van der Waals surface area contributed by atoms with Crippen molar-refractivity contribution < 1.29 is 18.7 Å². The Morgan fingerprint density at radius 1 is 1.43 bits per heavy atom. The Kier molecular flexibility index (Phi) is 3.35. The van der Waals surface area contributed by atoms with Gasteiger partial charge in [-0.15, -0.1) is 0 Å². The molecule has 0 aromatic heterocycles. The van der Waals surface area contributed by atoms with Gasteiger partial charge in [0.25, 0.3) is 0 Å². The second-order valence-electron chi connectivity index (χ2n) is 2.43. The van der Waals surface area contributed by atoms with Crippen molar-refractivity contribution >= 4 is 28.0 Å². The fourth-order valence-electron chi connectivity index (χ4n) is 0.850. The normalized spacial score (nSPS) is 10.8. The third-order valence-electron chi connectivity index (χ3n) is 1.47. The molecule has 1 rings (SSSR count). The molecule has 0 amide bonds. The van der Waals surface area contributed by atoms with Gasteiger partial charge in [0.1, 0.15) is 0 Å². The molecule has 0 saturated heterocycles. The van der Waals surface area contributed by atoms with Crippen molar-refractivity contribution in [1.82, 2.24) is 0 Å². The number of rotatable bonds is 2. The van der Waals surface area contributed by atoms with Crippen molar-refractivity contribution in [2.75, 3.05) is 0 Å². The van der Waals surface area contributed by atoms with Gasteiger partial charge in [-0.25, -0.2) is 13.6 Å². The molecule has 0 aliphatic carbocycles. The molecule has 0 unspecified atom stereocenters. The van der Waals surface area contributed by atoms with Crippen LogP contribution in [0.1, 0.15) is 5.56 Å². The van der Waals surface area contributed by atoms with E-state index in [9.17, 15) is 13.6 Å². The highest BCUT2D eigenvalue weighted by atomic mass is 79.9. The molecule has 1 aromatic carbocycles. The van der Waals surface area contributed by atoms with E-state index in [4.69, 9.17) is 5.11 Å². The zero-order valence-corrected chi connectivity index (χ0v) is 8.38. The minimum atomic E-state index is -1.22. The van der Waals surface area contributed by atoms with E-state index < -0.39 is 17.6 Å². The lowest BCUT2D eigenvalue weighted by molar-refractivity contribution is -0.131. The molecule has 0 bridgehead atoms. The van der Waals surface area contributed by atoms with Crippen LogP contribution in [0.2, 0.25) is 0 Å². The molecule has 2 nitrogen and oxygen atoms in total. The smallest absolute Gasteiger partial charge is 0.328 e. The summed E-state index contributed by atoms with van der Waals surface area (Å²) >= 11 is 2.98. The number of hydrogen-bond acceptors (Lipinski definition) is 1. The average Bonchev–Trinajstić information content (AvgIpc) is 2.11. The number of aliphatic carboxylic acids is 1. The van der Waals surface area contributed by atoms with Gasteiger partial charge in [0, 0.05) is 16.1 Å². The molecule has 1 aromatic rings. The largest absolute Gasteiger partial charge is 0.478 e. The second kappa shape index (κ2) is 4.32. The predicted molar refractivity (Wildman–Crippen MR) is 50.7 cm³/mol. The number of benzene rings is 1. The summed E-state index contributed by atoms with van der Waals surface area (Å²) in [5.74, 6) is -3.31. The van der Waals surface area contributed by atoms with Gasteiger partial charge < -0.3 is 5.11 Å². The Morgan fingerprint density at radius 2 is 2.07 bits per heavy atom. The summed E-state index contributed by atoms with van der Waals surface area (Å²) < 4.78 is 26.1. The number of carboxylic acid groups (broad SMARTS) is 1. The lowest BCUT2D eigenvalue weighted by atomic mass is 10.2. The third kappa shape index (κ3) is 2.38. The summed E-state index contributed by atoms with van der Waals surface area (Å²) in [5.41, 5.74) is -0.118. The summed E-state index contributed by atoms with van der Waals surface area (Å²) in [6.45, 7) is 0. The first-order valence-electron chi connectivity index (χ1n) is 3.57. The lowest BCUT2D eigenvalue weighted by Crippen LogP contribution is -1.92. The molecule has 0 aliphatic heterocycles. The van der Waals surface area contributed by atoms with E-state index in [1.807, 2.05) is 0 Å². The SMILES string of the molecule is O=C(O)/C=C/c1c(Br)ccc(F)c1F. The molecule has 5 heteroatoms. The summed E-state index contributed by atoms with van der Waals surface area (Å²) in [4.78, 5) is 10.2. The maximum Gasteiger partial charge on any atom is 0.328 e. The summed E-state index contributed by atoms with van der Waals surface area (Å²) in [7, 11) is 0. The predicted octanol–water partition coefficient (Wildman–Crippen LogP) is 2.83. The van der Waals surface area contributed by atoms with Crippen molar-refractivity contribution in [3.05, 3.63) is 39.9 Å². The third-order valence-corrected chi connectivity index (χ3v) is 2.16. The Labute approximate surface area is 87.0 Å². The first kappa shape index (κ1) is 10.8. The monoisotopic (exact) mass is 262 g/mol. The molecule has 0 atom stereocenters. The van der Waals surface area contributed by atoms with E-state index in [0.717, 1.165) is 18.2 Å². The molecule has 0 spiro atoms. The van der Waals surface area contributed by atoms with Gasteiger partial charge in [0.2, 0.25) is 0 Å². The summed E-state index contributed by atoms with van der Waals surface area (Å²) in [5, 5.41) is 8.31. The van der Waals surface area contributed by atoms with Crippen LogP contribution in [0.3, 0.4) is 0 Å². The maximum atomic E-state index is 13.1. The first-order chi connectivity index (χ1) is 6.52. The summed E-state index contributed by atoms with van der Waals surface area (Å²) in [6.07, 6.45) is 1.73. The van der Waals surface area contributed by atoms with Crippen LogP contribution in [0.25, 0.3) is 6.08 Å². The van der Waals surface area contributed by atoms with Crippen LogP contribution < -0.4 is 0 Å². The van der Waals surface area contributed by atoms with Crippen LogP contribution in [-0.4, -0.2) is 11.1 Å². The quantitative estimate of drug-likeness (QED) is 0.658. The van der Waals surface area contributed by atoms with E-state index in [-0.39, 0.29) is 5.56 Å². The van der Waals surface area contributed by atoms with Crippen molar-refractivity contribution in [2.24, 2.45) is 0 Å². The van der Waals surface area contributed by atoms with Crippen molar-refractivity contribution in [3.63, 3.8) is 0 Å². The van der Waals surface area contributed by atoms with E-state index in [0.29, 0.717) is 4.47 Å². The highest BCUT2D eigenvalue weighted by Gasteiger charge is 2.09. The van der Waals surface area contributed by atoms with Gasteiger partial charge in [0.05, 0.1) is 0 Å². The van der Waals surface area contributed by atoms with Crippen molar-refractivity contribution in [1.29, 1.82) is 0 Å². The number of hydrogen-bond donors (Lipinski definition) is 1. The molecule has 0 fully saturated rings. The van der Waals surface area contributed by atoms with E-state index in [1.165, 1.54) is 6.07 Å². The Morgan fingerprint density at radius 3 is 2.64 bits per heavy atom. The minimum Gasteiger partial charge on any atom is -0.478 e. The zero-order valence-electron chi connectivity index (χ0n) is 6.80. The number of halogens is 3. The van der Waals surface area contributed by atoms with Gasteiger partial charge in [-0.1, -0.05) is 15.9 Å². The van der Waals surface area contributed by atoms with Crippen molar-refractivity contribution in [2.45, 2.75) is 0 Å². The van der Waals surface area contributed by atoms with Crippen LogP contribution >= 0.6 is 15.9 Å². The van der Waals surface area contributed by atoms with Crippen LogP contribution in [0.15, 0.2) is 22.7 Å². The topological polar surface area (TPSA) is 37.3 Å². The van der Waals surface area contributed by atoms with Gasteiger partial charge in [-0.3, -0.25) is 0 Å². The molecule has 0 saturated carbocycles. The molecule has 0 radical (unpaired) electrons. The standard InChI is InChI=1S/C9H5BrF2O2/c10-6-2-3-7(11)9(12)5(6)1-4-8(13)14/h1-4H,(H,13,14)/b4-1+. The fraction of sp³-hybridized carbons (Fsp3) is 0. The molecule has 0 aliphatic rings.